The van der Waals surface area contributed by atoms with Gasteiger partial charge in [-0.25, -0.2) is 0 Å². The van der Waals surface area contributed by atoms with Crippen LogP contribution in [0.3, 0.4) is 0 Å². The van der Waals surface area contributed by atoms with Gasteiger partial charge in [0.05, 0.1) is 23.1 Å². The van der Waals surface area contributed by atoms with Gasteiger partial charge < -0.3 is 39.8 Å². The molecule has 0 spiro atoms. The normalized spacial score (nSPS) is 26.7. The van der Waals surface area contributed by atoms with E-state index in [0.29, 0.717) is 5.56 Å². The minimum absolute atomic E-state index is 0.0405. The van der Waals surface area contributed by atoms with E-state index < -0.39 is 42.6 Å². The van der Waals surface area contributed by atoms with Crippen molar-refractivity contribution in [3.63, 3.8) is 0 Å². The summed E-state index contributed by atoms with van der Waals surface area (Å²) in [7, 11) is 0. The Morgan fingerprint density at radius 2 is 1.60 bits per heavy atom. The molecule has 2 aromatic carbocycles. The molecule has 9 nitrogen and oxygen atoms in total. The van der Waals surface area contributed by atoms with Gasteiger partial charge in [-0.2, -0.15) is 0 Å². The first kappa shape index (κ1) is 20.3. The first-order valence-corrected chi connectivity index (χ1v) is 9.20. The predicted molar refractivity (Wildman–Crippen MR) is 104 cm³/mol. The average molecular weight is 416 g/mol. The fourth-order valence-corrected chi connectivity index (χ4v) is 3.67. The molecule has 0 bridgehead atoms. The summed E-state index contributed by atoms with van der Waals surface area (Å²) in [5.41, 5.74) is 0.150. The zero-order valence-corrected chi connectivity index (χ0v) is 15.5. The number of fused-ring (bicyclic) bond motifs is 1. The molecule has 158 valence electrons. The van der Waals surface area contributed by atoms with E-state index in [2.05, 4.69) is 0 Å². The maximum absolute atomic E-state index is 13.0. The van der Waals surface area contributed by atoms with Crippen LogP contribution >= 0.6 is 0 Å². The minimum Gasteiger partial charge on any atom is -0.508 e. The molecule has 1 saturated heterocycles. The number of aliphatic hydroxyl groups is 4. The number of phenolic OH excluding ortho intramolecular Hbond substituents is 2. The van der Waals surface area contributed by atoms with Crippen LogP contribution < -0.4 is 5.43 Å². The van der Waals surface area contributed by atoms with E-state index in [1.54, 1.807) is 12.1 Å². The van der Waals surface area contributed by atoms with Gasteiger partial charge in [0, 0.05) is 0 Å². The number of phenols is 2. The molecule has 1 aliphatic heterocycles. The van der Waals surface area contributed by atoms with Crippen LogP contribution in [0.25, 0.3) is 22.1 Å². The summed E-state index contributed by atoms with van der Waals surface area (Å²) in [4.78, 5) is 13.0. The fraction of sp³-hybridized carbons (Fsp3) is 0.286. The Bertz CT molecular complexity index is 1120. The van der Waals surface area contributed by atoms with E-state index in [4.69, 9.17) is 9.15 Å². The quantitative estimate of drug-likeness (QED) is 0.355. The summed E-state index contributed by atoms with van der Waals surface area (Å²) in [6.45, 7) is -0.637. The van der Waals surface area contributed by atoms with Crippen LogP contribution in [0.5, 0.6) is 11.5 Å². The summed E-state index contributed by atoms with van der Waals surface area (Å²) in [5, 5.41) is 59.8. The third-order valence-corrected chi connectivity index (χ3v) is 5.31. The number of aromatic hydroxyl groups is 2. The molecule has 0 unspecified atom stereocenters. The molecular weight excluding hydrogens is 396 g/mol. The monoisotopic (exact) mass is 416 g/mol. The zero-order valence-electron chi connectivity index (χ0n) is 15.5. The largest absolute Gasteiger partial charge is 0.508 e. The van der Waals surface area contributed by atoms with Gasteiger partial charge in [0.25, 0.3) is 0 Å². The van der Waals surface area contributed by atoms with Crippen molar-refractivity contribution >= 4 is 11.0 Å². The van der Waals surface area contributed by atoms with Crippen molar-refractivity contribution in [1.29, 1.82) is 0 Å². The van der Waals surface area contributed by atoms with Crippen LogP contribution in [0, 0.1) is 0 Å². The van der Waals surface area contributed by atoms with Crippen molar-refractivity contribution in [2.45, 2.75) is 30.5 Å². The van der Waals surface area contributed by atoms with Crippen LogP contribution in [0.4, 0.5) is 0 Å². The maximum atomic E-state index is 13.0. The molecule has 6 N–H and O–H groups in total. The minimum atomic E-state index is -1.65. The van der Waals surface area contributed by atoms with Crippen molar-refractivity contribution < 1.29 is 39.8 Å². The van der Waals surface area contributed by atoms with Gasteiger partial charge >= 0.3 is 0 Å². The van der Waals surface area contributed by atoms with E-state index in [9.17, 15) is 35.4 Å². The Morgan fingerprint density at radius 1 is 0.900 bits per heavy atom. The van der Waals surface area contributed by atoms with Crippen LogP contribution in [0.2, 0.25) is 0 Å². The second kappa shape index (κ2) is 7.71. The summed E-state index contributed by atoms with van der Waals surface area (Å²) < 4.78 is 11.1. The lowest BCUT2D eigenvalue weighted by molar-refractivity contribution is -0.231. The van der Waals surface area contributed by atoms with Crippen LogP contribution in [-0.4, -0.2) is 61.7 Å². The van der Waals surface area contributed by atoms with Crippen LogP contribution in [0.1, 0.15) is 11.7 Å². The molecule has 9 heteroatoms. The third-order valence-electron chi connectivity index (χ3n) is 5.31. The molecule has 0 saturated carbocycles. The van der Waals surface area contributed by atoms with E-state index in [1.165, 1.54) is 30.5 Å². The highest BCUT2D eigenvalue weighted by Gasteiger charge is 2.45. The van der Waals surface area contributed by atoms with Crippen LogP contribution in [-0.2, 0) is 4.74 Å². The first-order chi connectivity index (χ1) is 14.3. The van der Waals surface area contributed by atoms with Crippen molar-refractivity contribution in [3.8, 4) is 22.6 Å². The average Bonchev–Trinajstić information content (AvgIpc) is 2.74. The summed E-state index contributed by atoms with van der Waals surface area (Å²) in [6.07, 6.45) is -6.24. The molecule has 1 fully saturated rings. The van der Waals surface area contributed by atoms with Gasteiger partial charge in [-0.3, -0.25) is 4.79 Å². The number of aliphatic hydroxyl groups excluding tert-OH is 4. The molecule has 5 atom stereocenters. The molecule has 0 amide bonds. The van der Waals surface area contributed by atoms with Gasteiger partial charge in [0.2, 0.25) is 5.43 Å². The van der Waals surface area contributed by atoms with Crippen molar-refractivity contribution in [3.05, 3.63) is 58.4 Å². The predicted octanol–water partition coefficient (Wildman–Crippen LogP) is 0.386. The summed E-state index contributed by atoms with van der Waals surface area (Å²) in [5.74, 6) is -0.314. The number of benzene rings is 2. The number of ether oxygens (including phenoxy) is 1. The van der Waals surface area contributed by atoms with Gasteiger partial charge in [-0.15, -0.1) is 0 Å². The Morgan fingerprint density at radius 3 is 2.27 bits per heavy atom. The Labute approximate surface area is 169 Å². The third kappa shape index (κ3) is 3.22. The maximum Gasteiger partial charge on any atom is 0.200 e. The second-order valence-electron chi connectivity index (χ2n) is 7.15. The molecule has 1 aliphatic rings. The topological polar surface area (TPSA) is 161 Å². The molecule has 4 rings (SSSR count). The van der Waals surface area contributed by atoms with Crippen molar-refractivity contribution in [1.82, 2.24) is 0 Å². The molecular formula is C21H20O9. The number of hydrogen-bond acceptors (Lipinski definition) is 9. The summed E-state index contributed by atoms with van der Waals surface area (Å²) >= 11 is 0. The second-order valence-corrected chi connectivity index (χ2v) is 7.15. The van der Waals surface area contributed by atoms with E-state index in [1.807, 2.05) is 0 Å². The smallest absolute Gasteiger partial charge is 0.200 e. The van der Waals surface area contributed by atoms with Gasteiger partial charge in [0.15, 0.2) is 0 Å². The Hall–Kier alpha value is -2.95. The lowest BCUT2D eigenvalue weighted by Gasteiger charge is -2.40. The first-order valence-electron chi connectivity index (χ1n) is 9.20. The van der Waals surface area contributed by atoms with E-state index in [0.717, 1.165) is 0 Å². The lowest BCUT2D eigenvalue weighted by Crippen LogP contribution is -2.55. The molecule has 0 aliphatic carbocycles. The van der Waals surface area contributed by atoms with Gasteiger partial charge in [-0.05, 0) is 29.8 Å². The molecule has 0 radical (unpaired) electrons. The fourth-order valence-electron chi connectivity index (χ4n) is 3.67. The van der Waals surface area contributed by atoms with Gasteiger partial charge in [-0.1, -0.05) is 12.1 Å². The van der Waals surface area contributed by atoms with E-state index in [-0.39, 0.29) is 33.6 Å². The molecule has 3 aromatic rings. The van der Waals surface area contributed by atoms with E-state index >= 15 is 0 Å². The standard InChI is InChI=1S/C21H20O9/c22-7-14-17(26)18(27)19(28)21(30-14)15-13(24)6-5-11-16(25)12(8-29-20(11)15)9-1-3-10(23)4-2-9/h1-6,8,14,17-19,21-24,26-28H,7H2/t14-,17-,18+,19+,21+/m0/s1. The van der Waals surface area contributed by atoms with Crippen molar-refractivity contribution in [2.75, 3.05) is 6.61 Å². The highest BCUT2D eigenvalue weighted by molar-refractivity contribution is 5.86. The molecule has 30 heavy (non-hydrogen) atoms. The Balaban J connectivity index is 1.87. The molecule has 1 aromatic heterocycles. The summed E-state index contributed by atoms with van der Waals surface area (Å²) in [6, 6.07) is 8.54. The highest BCUT2D eigenvalue weighted by atomic mass is 16.5. The van der Waals surface area contributed by atoms with Gasteiger partial charge in [0.1, 0.15) is 53.9 Å². The van der Waals surface area contributed by atoms with Crippen molar-refractivity contribution in [2.24, 2.45) is 0 Å². The Kier molecular flexibility index (Phi) is 5.22. The molecule has 2 heterocycles. The zero-order chi connectivity index (χ0) is 21.6. The number of rotatable bonds is 3. The lowest BCUT2D eigenvalue weighted by atomic mass is 9.89. The van der Waals surface area contributed by atoms with Crippen LogP contribution in [0.15, 0.2) is 51.9 Å². The number of hydrogen-bond donors (Lipinski definition) is 6. The SMILES string of the molecule is O=c1c(-c2ccc(O)cc2)coc2c([C@H]3O[C@@H](CO)[C@H](O)[C@@H](O)[C@H]3O)c(O)ccc12. The highest BCUT2D eigenvalue weighted by Crippen LogP contribution is 2.40.